The summed E-state index contributed by atoms with van der Waals surface area (Å²) in [7, 11) is 0. The van der Waals surface area contributed by atoms with Crippen LogP contribution in [0.1, 0.15) is 5.56 Å². The van der Waals surface area contributed by atoms with Crippen LogP contribution in [0.4, 0.5) is 10.5 Å². The van der Waals surface area contributed by atoms with Crippen LogP contribution in [0.2, 0.25) is 0 Å². The summed E-state index contributed by atoms with van der Waals surface area (Å²) in [5, 5.41) is 9.38. The van der Waals surface area contributed by atoms with Gasteiger partial charge in [-0.2, -0.15) is 5.26 Å². The Morgan fingerprint density at radius 2 is 2.00 bits per heavy atom. The number of carbonyl (C=O) groups is 1. The first kappa shape index (κ1) is 9.98. The number of rotatable bonds is 1. The molecule has 0 aliphatic rings. The van der Waals surface area contributed by atoms with Gasteiger partial charge in [-0.25, -0.2) is 21.5 Å². The molecule has 0 aromatic heterocycles. The number of hydrogen-bond donors (Lipinski definition) is 3. The minimum atomic E-state index is -0.630. The van der Waals surface area contributed by atoms with E-state index in [9.17, 15) is 4.79 Å². The van der Waals surface area contributed by atoms with E-state index in [0.717, 1.165) is 5.01 Å². The molecule has 0 unspecified atom stereocenters. The molecule has 72 valence electrons. The lowest BCUT2D eigenvalue weighted by Gasteiger charge is -2.15. The van der Waals surface area contributed by atoms with Crippen molar-refractivity contribution in [3.8, 4) is 6.07 Å². The van der Waals surface area contributed by atoms with Crippen molar-refractivity contribution in [2.75, 3.05) is 5.01 Å². The zero-order valence-corrected chi connectivity index (χ0v) is 7.27. The van der Waals surface area contributed by atoms with E-state index in [2.05, 4.69) is 0 Å². The first-order valence-corrected chi connectivity index (χ1v) is 3.74. The van der Waals surface area contributed by atoms with Crippen LogP contribution < -0.4 is 22.1 Å². The fourth-order valence-electron chi connectivity index (χ4n) is 0.883. The van der Waals surface area contributed by atoms with Crippen molar-refractivity contribution in [3.05, 3.63) is 29.8 Å². The van der Waals surface area contributed by atoms with E-state index < -0.39 is 6.03 Å². The van der Waals surface area contributed by atoms with Crippen molar-refractivity contribution >= 4 is 11.7 Å². The van der Waals surface area contributed by atoms with Crippen molar-refractivity contribution in [2.45, 2.75) is 0 Å². The summed E-state index contributed by atoms with van der Waals surface area (Å²) in [4.78, 5) is 11.0. The Kier molecular flexibility index (Phi) is 3.01. The van der Waals surface area contributed by atoms with Gasteiger partial charge in [0.05, 0.1) is 17.3 Å². The third-order valence-corrected chi connectivity index (χ3v) is 1.62. The highest BCUT2D eigenvalue weighted by Crippen LogP contribution is 2.11. The maximum atomic E-state index is 11.0. The van der Waals surface area contributed by atoms with Gasteiger partial charge in [-0.3, -0.25) is 5.43 Å². The Balaban J connectivity index is 2.88. The van der Waals surface area contributed by atoms with Gasteiger partial charge in [0.1, 0.15) is 0 Å². The quantitative estimate of drug-likeness (QED) is 0.325. The molecule has 0 spiro atoms. The van der Waals surface area contributed by atoms with Crippen molar-refractivity contribution in [2.24, 2.45) is 11.7 Å². The molecule has 1 aromatic rings. The highest BCUT2D eigenvalue weighted by molar-refractivity contribution is 5.90. The van der Waals surface area contributed by atoms with Crippen molar-refractivity contribution < 1.29 is 4.79 Å². The molecule has 1 aromatic carbocycles. The second kappa shape index (κ2) is 4.23. The van der Waals surface area contributed by atoms with Gasteiger partial charge >= 0.3 is 6.03 Å². The molecule has 6 nitrogen and oxygen atoms in total. The number of hydrogen-bond acceptors (Lipinski definition) is 4. The normalized spacial score (nSPS) is 8.93. The third-order valence-electron chi connectivity index (χ3n) is 1.62. The van der Waals surface area contributed by atoms with E-state index in [1.807, 2.05) is 11.5 Å². The molecule has 0 atom stereocenters. The van der Waals surface area contributed by atoms with Gasteiger partial charge in [0.25, 0.3) is 0 Å². The minimum Gasteiger partial charge on any atom is -0.274 e. The van der Waals surface area contributed by atoms with E-state index in [1.54, 1.807) is 24.3 Å². The van der Waals surface area contributed by atoms with Crippen LogP contribution in [0.25, 0.3) is 0 Å². The van der Waals surface area contributed by atoms with Crippen LogP contribution in [0.15, 0.2) is 24.3 Å². The van der Waals surface area contributed by atoms with Crippen LogP contribution in [0, 0.1) is 11.3 Å². The SMILES string of the molecule is N#Cc1ccc(N(N)C(=O)NN)cc1. The number of benzene rings is 1. The number of amides is 2. The predicted octanol–water partition coefficient (Wildman–Crippen LogP) is -0.178. The number of carbonyl (C=O) groups excluding carboxylic acids is 1. The number of nitrogens with two attached hydrogens (primary N) is 2. The van der Waals surface area contributed by atoms with Crippen molar-refractivity contribution in [1.29, 1.82) is 5.26 Å². The van der Waals surface area contributed by atoms with Gasteiger partial charge in [-0.15, -0.1) is 0 Å². The molecule has 2 amide bonds. The Bertz CT molecular complexity index is 366. The molecule has 1 rings (SSSR count). The van der Waals surface area contributed by atoms with Crippen LogP contribution in [0.3, 0.4) is 0 Å². The largest absolute Gasteiger partial charge is 0.350 e. The summed E-state index contributed by atoms with van der Waals surface area (Å²) >= 11 is 0. The zero-order valence-electron chi connectivity index (χ0n) is 7.27. The number of urea groups is 1. The topological polar surface area (TPSA) is 108 Å². The molecule has 0 saturated carbocycles. The van der Waals surface area contributed by atoms with Gasteiger partial charge in [-0.05, 0) is 24.3 Å². The smallest absolute Gasteiger partial charge is 0.274 e. The Labute approximate surface area is 80.6 Å². The lowest BCUT2D eigenvalue weighted by atomic mass is 10.2. The second-order valence-corrected chi connectivity index (χ2v) is 2.48. The highest BCUT2D eigenvalue weighted by atomic mass is 16.2. The van der Waals surface area contributed by atoms with E-state index in [-0.39, 0.29) is 0 Å². The lowest BCUT2D eigenvalue weighted by Crippen LogP contribution is -2.47. The molecular formula is C8H9N5O. The zero-order chi connectivity index (χ0) is 10.6. The molecule has 0 aliphatic carbocycles. The molecular weight excluding hydrogens is 182 g/mol. The van der Waals surface area contributed by atoms with E-state index in [1.165, 1.54) is 0 Å². The van der Waals surface area contributed by atoms with E-state index >= 15 is 0 Å². The molecule has 0 saturated heterocycles. The molecule has 5 N–H and O–H groups in total. The highest BCUT2D eigenvalue weighted by Gasteiger charge is 2.08. The number of hydrazine groups is 2. The Morgan fingerprint density at radius 3 is 2.43 bits per heavy atom. The fourth-order valence-corrected chi connectivity index (χ4v) is 0.883. The lowest BCUT2D eigenvalue weighted by molar-refractivity contribution is 0.246. The summed E-state index contributed by atoms with van der Waals surface area (Å²) in [6.45, 7) is 0. The van der Waals surface area contributed by atoms with Crippen LogP contribution in [-0.4, -0.2) is 6.03 Å². The van der Waals surface area contributed by atoms with Crippen LogP contribution in [-0.2, 0) is 0 Å². The molecule has 0 radical (unpaired) electrons. The number of nitrogens with zero attached hydrogens (tertiary/aromatic N) is 2. The molecule has 6 heteroatoms. The van der Waals surface area contributed by atoms with Crippen molar-refractivity contribution in [1.82, 2.24) is 5.43 Å². The van der Waals surface area contributed by atoms with Crippen LogP contribution in [0.5, 0.6) is 0 Å². The van der Waals surface area contributed by atoms with Gasteiger partial charge in [0.15, 0.2) is 0 Å². The summed E-state index contributed by atoms with van der Waals surface area (Å²) in [5.41, 5.74) is 2.84. The first-order chi connectivity index (χ1) is 6.69. The summed E-state index contributed by atoms with van der Waals surface area (Å²) < 4.78 is 0. The average Bonchev–Trinajstić information content (AvgIpc) is 2.27. The van der Waals surface area contributed by atoms with Gasteiger partial charge in [-0.1, -0.05) is 0 Å². The summed E-state index contributed by atoms with van der Waals surface area (Å²) in [6, 6.07) is 7.53. The van der Waals surface area contributed by atoms with Gasteiger partial charge in [0, 0.05) is 0 Å². The first-order valence-electron chi connectivity index (χ1n) is 3.74. The Morgan fingerprint density at radius 1 is 1.43 bits per heavy atom. The third kappa shape index (κ3) is 1.98. The van der Waals surface area contributed by atoms with Crippen molar-refractivity contribution in [3.63, 3.8) is 0 Å². The minimum absolute atomic E-state index is 0.451. The molecule has 0 heterocycles. The van der Waals surface area contributed by atoms with E-state index in [4.69, 9.17) is 16.9 Å². The maximum Gasteiger partial charge on any atom is 0.350 e. The molecule has 0 fully saturated rings. The number of nitrogens with one attached hydrogen (secondary N) is 1. The number of anilines is 1. The average molecular weight is 191 g/mol. The maximum absolute atomic E-state index is 11.0. The standard InChI is InChI=1S/C8H9N5O/c9-5-6-1-3-7(4-2-6)13(11)8(14)12-10/h1-4H,10-11H2,(H,12,14). The molecule has 0 aliphatic heterocycles. The number of nitriles is 1. The molecule has 14 heavy (non-hydrogen) atoms. The molecule has 0 bridgehead atoms. The predicted molar refractivity (Wildman–Crippen MR) is 50.5 cm³/mol. The van der Waals surface area contributed by atoms with Crippen LogP contribution >= 0.6 is 0 Å². The Hall–Kier alpha value is -2.10. The second-order valence-electron chi connectivity index (χ2n) is 2.48. The summed E-state index contributed by atoms with van der Waals surface area (Å²) in [6.07, 6.45) is 0. The van der Waals surface area contributed by atoms with Gasteiger partial charge < -0.3 is 0 Å². The van der Waals surface area contributed by atoms with Gasteiger partial charge in [0.2, 0.25) is 0 Å². The van der Waals surface area contributed by atoms with E-state index in [0.29, 0.717) is 11.3 Å². The fraction of sp³-hybridized carbons (Fsp3) is 0. The summed E-state index contributed by atoms with van der Waals surface area (Å²) in [5.74, 6) is 10.3. The monoisotopic (exact) mass is 191 g/mol.